The Morgan fingerprint density at radius 1 is 1.03 bits per heavy atom. The number of imide groups is 1. The van der Waals surface area contributed by atoms with Gasteiger partial charge in [-0.15, -0.1) is 0 Å². The third-order valence-corrected chi connectivity index (χ3v) is 8.21. The summed E-state index contributed by atoms with van der Waals surface area (Å²) in [5.74, 6) is -3.18. The van der Waals surface area contributed by atoms with E-state index in [4.69, 9.17) is 4.74 Å². The summed E-state index contributed by atoms with van der Waals surface area (Å²) in [4.78, 5) is 51.4. The fraction of sp³-hybridized carbons (Fsp3) is 0.455. The molecule has 2 N–H and O–H groups in total. The van der Waals surface area contributed by atoms with Crippen LogP contribution in [0.25, 0.3) is 0 Å². The third kappa shape index (κ3) is 4.48. The van der Waals surface area contributed by atoms with Crippen molar-refractivity contribution in [1.82, 2.24) is 20.1 Å². The lowest BCUT2D eigenvalue weighted by Crippen LogP contribution is -2.53. The number of ether oxygens (including phenoxy) is 1. The Balaban J connectivity index is 1.39. The highest BCUT2D eigenvalue weighted by molar-refractivity contribution is 7.89. The summed E-state index contributed by atoms with van der Waals surface area (Å²) in [6.07, 6.45) is 4.63. The summed E-state index contributed by atoms with van der Waals surface area (Å²) in [5.41, 5.74) is 4.47. The molecular formula is C22H26N4O7S. The van der Waals surface area contributed by atoms with Crippen LogP contribution in [0, 0.1) is 11.8 Å². The monoisotopic (exact) mass is 490 g/mol. The molecule has 2 heterocycles. The van der Waals surface area contributed by atoms with Gasteiger partial charge in [0.1, 0.15) is 6.04 Å². The molecule has 12 heteroatoms. The number of likely N-dealkylation sites (tertiary alicyclic amines) is 1. The van der Waals surface area contributed by atoms with Gasteiger partial charge < -0.3 is 4.74 Å². The Kier molecular flexibility index (Phi) is 6.82. The molecule has 4 amide bonds. The van der Waals surface area contributed by atoms with E-state index in [2.05, 4.69) is 10.9 Å². The number of hydrogen-bond acceptors (Lipinski definition) is 7. The molecule has 0 saturated carbocycles. The molecule has 2 saturated heterocycles. The van der Waals surface area contributed by atoms with E-state index in [0.29, 0.717) is 26.1 Å². The number of fused-ring (bicyclic) bond motifs is 1. The number of hydrogen-bond donors (Lipinski definition) is 2. The normalized spacial score (nSPS) is 24.0. The molecule has 2 aliphatic heterocycles. The largest absolute Gasteiger partial charge is 0.379 e. The van der Waals surface area contributed by atoms with Crippen molar-refractivity contribution in [2.45, 2.75) is 30.7 Å². The molecule has 0 aromatic heterocycles. The molecule has 1 aromatic rings. The predicted molar refractivity (Wildman–Crippen MR) is 118 cm³/mol. The Morgan fingerprint density at radius 2 is 1.65 bits per heavy atom. The van der Waals surface area contributed by atoms with Crippen LogP contribution < -0.4 is 10.9 Å². The fourth-order valence-electron chi connectivity index (χ4n) is 4.35. The second-order valence-corrected chi connectivity index (χ2v) is 10.3. The molecule has 4 rings (SSSR count). The Hall–Kier alpha value is -3.09. The van der Waals surface area contributed by atoms with Crippen LogP contribution in [0.2, 0.25) is 0 Å². The summed E-state index contributed by atoms with van der Waals surface area (Å²) >= 11 is 0. The molecule has 3 aliphatic rings. The first-order valence-electron chi connectivity index (χ1n) is 11.0. The first-order chi connectivity index (χ1) is 16.2. The van der Waals surface area contributed by atoms with Crippen molar-refractivity contribution in [3.8, 4) is 0 Å². The van der Waals surface area contributed by atoms with E-state index >= 15 is 0 Å². The number of nitrogens with one attached hydrogen (secondary N) is 2. The number of benzene rings is 1. The van der Waals surface area contributed by atoms with Crippen molar-refractivity contribution in [3.05, 3.63) is 42.0 Å². The molecule has 0 bridgehead atoms. The van der Waals surface area contributed by atoms with E-state index in [1.807, 2.05) is 12.2 Å². The molecule has 182 valence electrons. The van der Waals surface area contributed by atoms with E-state index in [0.717, 1.165) is 4.90 Å². The molecule has 3 atom stereocenters. The number of morpholine rings is 1. The van der Waals surface area contributed by atoms with Crippen molar-refractivity contribution in [3.63, 3.8) is 0 Å². The van der Waals surface area contributed by atoms with Crippen molar-refractivity contribution >= 4 is 33.7 Å². The van der Waals surface area contributed by atoms with Crippen molar-refractivity contribution in [1.29, 1.82) is 0 Å². The average molecular weight is 491 g/mol. The zero-order chi connectivity index (χ0) is 24.5. The minimum atomic E-state index is -3.80. The zero-order valence-electron chi connectivity index (χ0n) is 18.6. The van der Waals surface area contributed by atoms with Crippen LogP contribution in [0.4, 0.5) is 0 Å². The molecule has 34 heavy (non-hydrogen) atoms. The van der Waals surface area contributed by atoms with E-state index < -0.39 is 51.5 Å². The van der Waals surface area contributed by atoms with Gasteiger partial charge >= 0.3 is 0 Å². The van der Waals surface area contributed by atoms with E-state index in [-0.39, 0.29) is 23.5 Å². The summed E-state index contributed by atoms with van der Waals surface area (Å²) < 4.78 is 32.1. The van der Waals surface area contributed by atoms with E-state index in [9.17, 15) is 27.6 Å². The average Bonchev–Trinajstić information content (AvgIpc) is 3.12. The second kappa shape index (κ2) is 9.65. The van der Waals surface area contributed by atoms with E-state index in [1.54, 1.807) is 0 Å². The highest BCUT2D eigenvalue weighted by Crippen LogP contribution is 2.36. The molecule has 2 fully saturated rings. The Labute approximate surface area is 197 Å². The van der Waals surface area contributed by atoms with Crippen molar-refractivity contribution < 1.29 is 32.3 Å². The van der Waals surface area contributed by atoms with Gasteiger partial charge in [0.05, 0.1) is 29.9 Å². The standard InChI is InChI=1S/C22H26N4O7S/c1-14(26-21(29)17-7-2-3-8-18(17)22(26)30)19(27)23-24-20(28)15-5-4-6-16(13-15)34(31,32)25-9-11-33-12-10-25/h2-6,13-14,17-18H,7-12H2,1H3,(H,23,27)(H,24,28)/t14-,17-,18+/m0/s1. The van der Waals surface area contributed by atoms with Gasteiger partial charge in [0.25, 0.3) is 11.8 Å². The van der Waals surface area contributed by atoms with Crippen LogP contribution in [0.1, 0.15) is 30.1 Å². The SMILES string of the molecule is C[C@@H](C(=O)NNC(=O)c1cccc(S(=O)(=O)N2CCOCC2)c1)N1C(=O)[C@H]2CC=CC[C@H]2C1=O. The molecule has 11 nitrogen and oxygen atoms in total. The molecule has 1 aromatic carbocycles. The van der Waals surface area contributed by atoms with Gasteiger partial charge in [0.15, 0.2) is 0 Å². The lowest BCUT2D eigenvalue weighted by Gasteiger charge is -2.26. The van der Waals surface area contributed by atoms with Crippen LogP contribution in [0.5, 0.6) is 0 Å². The molecule has 1 aliphatic carbocycles. The number of hydrazine groups is 1. The maximum Gasteiger partial charge on any atom is 0.269 e. The molecule has 0 spiro atoms. The Bertz CT molecular complexity index is 1120. The molecular weight excluding hydrogens is 464 g/mol. The zero-order valence-corrected chi connectivity index (χ0v) is 19.4. The Morgan fingerprint density at radius 3 is 2.26 bits per heavy atom. The van der Waals surface area contributed by atoms with Gasteiger partial charge in [-0.25, -0.2) is 8.42 Å². The smallest absolute Gasteiger partial charge is 0.269 e. The van der Waals surface area contributed by atoms with Crippen LogP contribution in [0.15, 0.2) is 41.3 Å². The summed E-state index contributed by atoms with van der Waals surface area (Å²) in [5, 5.41) is 0. The van der Waals surface area contributed by atoms with Crippen molar-refractivity contribution in [2.75, 3.05) is 26.3 Å². The highest BCUT2D eigenvalue weighted by atomic mass is 32.2. The summed E-state index contributed by atoms with van der Waals surface area (Å²) in [6, 6.07) is 4.35. The predicted octanol–water partition coefficient (Wildman–Crippen LogP) is -0.192. The first-order valence-corrected chi connectivity index (χ1v) is 12.5. The number of nitrogens with zero attached hydrogens (tertiary/aromatic N) is 2. The van der Waals surface area contributed by atoms with Gasteiger partial charge in [0, 0.05) is 18.7 Å². The maximum absolute atomic E-state index is 12.8. The van der Waals surface area contributed by atoms with Crippen molar-refractivity contribution in [2.24, 2.45) is 11.8 Å². The third-order valence-electron chi connectivity index (χ3n) is 6.31. The van der Waals surface area contributed by atoms with Crippen LogP contribution >= 0.6 is 0 Å². The summed E-state index contributed by atoms with van der Waals surface area (Å²) in [6.45, 7) is 2.45. The number of sulfonamides is 1. The highest BCUT2D eigenvalue weighted by Gasteiger charge is 2.50. The first kappa shape index (κ1) is 24.0. The fourth-order valence-corrected chi connectivity index (χ4v) is 5.81. The van der Waals surface area contributed by atoms with Crippen LogP contribution in [-0.4, -0.2) is 73.6 Å². The number of rotatable bonds is 5. The van der Waals surface area contributed by atoms with Gasteiger partial charge in [-0.1, -0.05) is 18.2 Å². The minimum Gasteiger partial charge on any atom is -0.379 e. The van der Waals surface area contributed by atoms with Gasteiger partial charge in [-0.3, -0.25) is 34.9 Å². The van der Waals surface area contributed by atoms with Gasteiger partial charge in [-0.05, 0) is 38.0 Å². The number of amides is 4. The second-order valence-electron chi connectivity index (χ2n) is 8.37. The quantitative estimate of drug-likeness (QED) is 0.331. The van der Waals surface area contributed by atoms with Crippen LogP contribution in [0.3, 0.4) is 0 Å². The summed E-state index contributed by atoms with van der Waals surface area (Å²) in [7, 11) is -3.80. The van der Waals surface area contributed by atoms with Crippen LogP contribution in [-0.2, 0) is 29.1 Å². The molecule has 0 radical (unpaired) electrons. The molecule has 0 unspecified atom stereocenters. The lowest BCUT2D eigenvalue weighted by atomic mass is 9.85. The van der Waals surface area contributed by atoms with Gasteiger partial charge in [-0.2, -0.15) is 4.31 Å². The lowest BCUT2D eigenvalue weighted by molar-refractivity contribution is -0.147. The minimum absolute atomic E-state index is 0.0210. The topological polar surface area (TPSA) is 142 Å². The van der Waals surface area contributed by atoms with E-state index in [1.165, 1.54) is 35.5 Å². The number of carbonyl (C=O) groups is 4. The van der Waals surface area contributed by atoms with Gasteiger partial charge in [0.2, 0.25) is 21.8 Å². The number of allylic oxidation sites excluding steroid dienone is 2. The number of carbonyl (C=O) groups excluding carboxylic acids is 4. The maximum atomic E-state index is 12.8.